The number of nitrogens with zero attached hydrogens (tertiary/aromatic N) is 1. The molecule has 0 bridgehead atoms. The molecular weight excluding hydrogens is 256 g/mol. The van der Waals surface area contributed by atoms with Gasteiger partial charge < -0.3 is 10.1 Å². The molecule has 20 heavy (non-hydrogen) atoms. The molecule has 0 spiro atoms. The molecule has 2 atom stereocenters. The second-order valence-electron chi connectivity index (χ2n) is 5.65. The third kappa shape index (κ3) is 3.93. The first kappa shape index (κ1) is 14.8. The Hall–Kier alpha value is -1.62. The maximum Gasteiger partial charge on any atom is 0.273 e. The van der Waals surface area contributed by atoms with Crippen molar-refractivity contribution in [2.24, 2.45) is 5.92 Å². The minimum absolute atomic E-state index is 0.0816. The summed E-state index contributed by atoms with van der Waals surface area (Å²) in [6.07, 6.45) is 4.95. The second-order valence-corrected chi connectivity index (χ2v) is 5.65. The summed E-state index contributed by atoms with van der Waals surface area (Å²) in [5.41, 5.74) is 0.979. The van der Waals surface area contributed by atoms with Gasteiger partial charge in [-0.05, 0) is 30.4 Å². The molecule has 110 valence electrons. The maximum atomic E-state index is 10.9. The van der Waals surface area contributed by atoms with Gasteiger partial charge in [-0.15, -0.1) is 0 Å². The van der Waals surface area contributed by atoms with Gasteiger partial charge in [-0.1, -0.05) is 19.8 Å². The molecule has 0 radical (unpaired) electrons. The molecular formula is C15H22N2O3. The molecule has 5 heteroatoms. The fourth-order valence-corrected chi connectivity index (χ4v) is 2.85. The standard InChI is InChI=1S/C15H22N2O3/c1-11-4-3-5-13(6-11)16-10-12-7-14(17(18)19)9-15(8-12)20-2/h7-9,11,13,16H,3-6,10H2,1-2H3. The molecule has 0 aliphatic heterocycles. The lowest BCUT2D eigenvalue weighted by Gasteiger charge is -2.27. The van der Waals surface area contributed by atoms with E-state index >= 15 is 0 Å². The van der Waals surface area contributed by atoms with Gasteiger partial charge in [0.05, 0.1) is 18.1 Å². The molecule has 2 rings (SSSR count). The summed E-state index contributed by atoms with van der Waals surface area (Å²) in [5, 5.41) is 14.4. The van der Waals surface area contributed by atoms with Crippen molar-refractivity contribution >= 4 is 5.69 Å². The Kier molecular flexibility index (Phi) is 4.95. The molecule has 0 amide bonds. The second kappa shape index (κ2) is 6.70. The van der Waals surface area contributed by atoms with E-state index in [0.717, 1.165) is 11.5 Å². The average molecular weight is 278 g/mol. The Morgan fingerprint density at radius 1 is 1.40 bits per heavy atom. The third-order valence-electron chi connectivity index (χ3n) is 3.93. The van der Waals surface area contributed by atoms with Crippen LogP contribution in [0.2, 0.25) is 0 Å². The summed E-state index contributed by atoms with van der Waals surface area (Å²) >= 11 is 0. The number of benzene rings is 1. The van der Waals surface area contributed by atoms with Gasteiger partial charge in [-0.25, -0.2) is 0 Å². The maximum absolute atomic E-state index is 10.9. The number of nitro benzene ring substituents is 1. The molecule has 2 unspecified atom stereocenters. The summed E-state index contributed by atoms with van der Waals surface area (Å²) in [4.78, 5) is 10.5. The Labute approximate surface area is 119 Å². The number of nitrogens with one attached hydrogen (secondary N) is 1. The van der Waals surface area contributed by atoms with Crippen LogP contribution in [0.25, 0.3) is 0 Å². The summed E-state index contributed by atoms with van der Waals surface area (Å²) in [6.45, 7) is 2.93. The monoisotopic (exact) mass is 278 g/mol. The Morgan fingerprint density at radius 2 is 2.20 bits per heavy atom. The van der Waals surface area contributed by atoms with Crippen molar-refractivity contribution in [2.45, 2.75) is 45.2 Å². The zero-order valence-electron chi connectivity index (χ0n) is 12.1. The van der Waals surface area contributed by atoms with E-state index in [1.165, 1.54) is 38.9 Å². The lowest BCUT2D eigenvalue weighted by Crippen LogP contribution is -2.33. The number of nitro groups is 1. The Morgan fingerprint density at radius 3 is 2.85 bits per heavy atom. The van der Waals surface area contributed by atoms with Crippen LogP contribution in [-0.2, 0) is 6.54 Å². The smallest absolute Gasteiger partial charge is 0.273 e. The first-order valence-electron chi connectivity index (χ1n) is 7.14. The van der Waals surface area contributed by atoms with E-state index in [9.17, 15) is 10.1 Å². The van der Waals surface area contributed by atoms with E-state index in [2.05, 4.69) is 12.2 Å². The van der Waals surface area contributed by atoms with Crippen molar-refractivity contribution in [3.8, 4) is 5.75 Å². The Balaban J connectivity index is 2.01. The van der Waals surface area contributed by atoms with E-state index in [0.29, 0.717) is 18.3 Å². The number of hydrogen-bond donors (Lipinski definition) is 1. The van der Waals surface area contributed by atoms with Gasteiger partial charge in [0.25, 0.3) is 5.69 Å². The van der Waals surface area contributed by atoms with E-state index in [-0.39, 0.29) is 10.6 Å². The third-order valence-corrected chi connectivity index (χ3v) is 3.93. The molecule has 0 saturated heterocycles. The van der Waals surface area contributed by atoms with E-state index < -0.39 is 0 Å². The summed E-state index contributed by atoms with van der Waals surface area (Å²) in [6, 6.07) is 5.43. The highest BCUT2D eigenvalue weighted by Crippen LogP contribution is 2.25. The first-order valence-corrected chi connectivity index (χ1v) is 7.14. The highest BCUT2D eigenvalue weighted by molar-refractivity contribution is 5.42. The van der Waals surface area contributed by atoms with Gasteiger partial charge in [-0.3, -0.25) is 10.1 Å². The Bertz CT molecular complexity index is 476. The quantitative estimate of drug-likeness (QED) is 0.663. The summed E-state index contributed by atoms with van der Waals surface area (Å²) < 4.78 is 5.12. The summed E-state index contributed by atoms with van der Waals surface area (Å²) in [5.74, 6) is 1.30. The largest absolute Gasteiger partial charge is 0.496 e. The van der Waals surface area contributed by atoms with Crippen LogP contribution in [-0.4, -0.2) is 18.1 Å². The number of methoxy groups -OCH3 is 1. The van der Waals surface area contributed by atoms with E-state index in [4.69, 9.17) is 4.74 Å². The van der Waals surface area contributed by atoms with Crippen LogP contribution in [0.1, 0.15) is 38.2 Å². The molecule has 1 aliphatic carbocycles. The number of hydrogen-bond acceptors (Lipinski definition) is 4. The number of non-ortho nitro benzene ring substituents is 1. The minimum atomic E-state index is -0.380. The number of rotatable bonds is 5. The van der Waals surface area contributed by atoms with Gasteiger partial charge >= 0.3 is 0 Å². The van der Waals surface area contributed by atoms with E-state index in [1.807, 2.05) is 6.07 Å². The van der Waals surface area contributed by atoms with Crippen molar-refractivity contribution in [3.05, 3.63) is 33.9 Å². The van der Waals surface area contributed by atoms with Gasteiger partial charge in [0, 0.05) is 18.7 Å². The average Bonchev–Trinajstić information content (AvgIpc) is 2.45. The van der Waals surface area contributed by atoms with Crippen molar-refractivity contribution < 1.29 is 9.66 Å². The molecule has 0 aromatic heterocycles. The van der Waals surface area contributed by atoms with Crippen molar-refractivity contribution in [2.75, 3.05) is 7.11 Å². The van der Waals surface area contributed by atoms with Crippen LogP contribution >= 0.6 is 0 Å². The van der Waals surface area contributed by atoms with Gasteiger partial charge in [0.2, 0.25) is 0 Å². The fraction of sp³-hybridized carbons (Fsp3) is 0.600. The topological polar surface area (TPSA) is 64.4 Å². The lowest BCUT2D eigenvalue weighted by atomic mass is 9.87. The van der Waals surface area contributed by atoms with E-state index in [1.54, 1.807) is 6.07 Å². The predicted molar refractivity (Wildman–Crippen MR) is 77.9 cm³/mol. The molecule has 1 N–H and O–H groups in total. The molecule has 1 saturated carbocycles. The number of ether oxygens (including phenoxy) is 1. The van der Waals surface area contributed by atoms with Crippen LogP contribution in [0.3, 0.4) is 0 Å². The van der Waals surface area contributed by atoms with Crippen LogP contribution < -0.4 is 10.1 Å². The molecule has 1 fully saturated rings. The van der Waals surface area contributed by atoms with Crippen molar-refractivity contribution in [3.63, 3.8) is 0 Å². The molecule has 1 aromatic carbocycles. The predicted octanol–water partition coefficient (Wildman–Crippen LogP) is 3.27. The zero-order valence-corrected chi connectivity index (χ0v) is 12.1. The summed E-state index contributed by atoms with van der Waals surface area (Å²) in [7, 11) is 1.53. The van der Waals surface area contributed by atoms with Crippen molar-refractivity contribution in [1.29, 1.82) is 0 Å². The van der Waals surface area contributed by atoms with Gasteiger partial charge in [0.1, 0.15) is 5.75 Å². The van der Waals surface area contributed by atoms with Crippen LogP contribution in [0.5, 0.6) is 5.75 Å². The highest BCUT2D eigenvalue weighted by Gasteiger charge is 2.18. The normalized spacial score (nSPS) is 22.5. The highest BCUT2D eigenvalue weighted by atomic mass is 16.6. The molecule has 0 heterocycles. The molecule has 1 aromatic rings. The van der Waals surface area contributed by atoms with Crippen LogP contribution in [0.15, 0.2) is 18.2 Å². The lowest BCUT2D eigenvalue weighted by molar-refractivity contribution is -0.385. The van der Waals surface area contributed by atoms with Crippen LogP contribution in [0.4, 0.5) is 5.69 Å². The van der Waals surface area contributed by atoms with Gasteiger partial charge in [0.15, 0.2) is 0 Å². The molecule has 1 aliphatic rings. The zero-order chi connectivity index (χ0) is 14.5. The first-order chi connectivity index (χ1) is 9.58. The molecule has 5 nitrogen and oxygen atoms in total. The fourth-order valence-electron chi connectivity index (χ4n) is 2.85. The minimum Gasteiger partial charge on any atom is -0.496 e. The van der Waals surface area contributed by atoms with Crippen LogP contribution in [0, 0.1) is 16.0 Å². The van der Waals surface area contributed by atoms with Crippen molar-refractivity contribution in [1.82, 2.24) is 5.32 Å². The van der Waals surface area contributed by atoms with Gasteiger partial charge in [-0.2, -0.15) is 0 Å². The SMILES string of the molecule is COc1cc(CNC2CCCC(C)C2)cc([N+](=O)[O-])c1.